The summed E-state index contributed by atoms with van der Waals surface area (Å²) in [6.45, 7) is 4.98. The minimum absolute atomic E-state index is 0.0173. The number of anilines is 1. The minimum Gasteiger partial charge on any atom is -0.443 e. The lowest BCUT2D eigenvalue weighted by Crippen LogP contribution is -2.40. The third kappa shape index (κ3) is 4.94. The van der Waals surface area contributed by atoms with Crippen molar-refractivity contribution in [2.45, 2.75) is 26.4 Å². The molecule has 0 radical (unpaired) electrons. The zero-order valence-corrected chi connectivity index (χ0v) is 14.0. The van der Waals surface area contributed by atoms with Gasteiger partial charge in [-0.2, -0.15) is 4.31 Å². The summed E-state index contributed by atoms with van der Waals surface area (Å²) >= 11 is 2.01. The maximum absolute atomic E-state index is 12.0. The van der Waals surface area contributed by atoms with E-state index in [0.29, 0.717) is 4.31 Å². The zero-order valence-electron chi connectivity index (χ0n) is 11.0. The average molecular weight is 398 g/mol. The summed E-state index contributed by atoms with van der Waals surface area (Å²) in [4.78, 5) is 15.9. The second-order valence-electron chi connectivity index (χ2n) is 4.84. The molecular formula is C11H15IN2O4S. The molecule has 0 N–H and O–H groups in total. The molecule has 1 aromatic rings. The largest absolute Gasteiger partial charge is 0.443 e. The maximum atomic E-state index is 12.0. The Hall–Kier alpha value is -0.900. The number of aromatic nitrogens is 1. The molecule has 106 valence electrons. The van der Waals surface area contributed by atoms with Crippen molar-refractivity contribution < 1.29 is 17.9 Å². The number of pyridine rings is 1. The SMILES string of the molecule is CC(C)(C)OC(=O)N(c1cc(I)ccn1)S(C)(=O)=O. The van der Waals surface area contributed by atoms with Crippen LogP contribution in [0.2, 0.25) is 0 Å². The van der Waals surface area contributed by atoms with Gasteiger partial charge >= 0.3 is 6.09 Å². The van der Waals surface area contributed by atoms with Gasteiger partial charge in [0.2, 0.25) is 10.0 Å². The van der Waals surface area contributed by atoms with Crippen molar-refractivity contribution in [3.8, 4) is 0 Å². The maximum Gasteiger partial charge on any atom is 0.430 e. The quantitative estimate of drug-likeness (QED) is 0.716. The van der Waals surface area contributed by atoms with Gasteiger partial charge < -0.3 is 4.74 Å². The number of nitrogens with zero attached hydrogens (tertiary/aromatic N) is 2. The smallest absolute Gasteiger partial charge is 0.430 e. The van der Waals surface area contributed by atoms with Crippen molar-refractivity contribution in [2.75, 3.05) is 10.6 Å². The molecule has 0 saturated heterocycles. The Morgan fingerprint density at radius 3 is 2.42 bits per heavy atom. The fourth-order valence-corrected chi connectivity index (χ4v) is 2.39. The van der Waals surface area contributed by atoms with E-state index in [1.165, 1.54) is 12.3 Å². The van der Waals surface area contributed by atoms with Gasteiger partial charge in [0, 0.05) is 9.77 Å². The molecule has 6 nitrogen and oxygen atoms in total. The van der Waals surface area contributed by atoms with E-state index in [0.717, 1.165) is 9.83 Å². The number of rotatable bonds is 2. The Morgan fingerprint density at radius 2 is 2.00 bits per heavy atom. The zero-order chi connectivity index (χ0) is 14.8. The van der Waals surface area contributed by atoms with Crippen LogP contribution >= 0.6 is 22.6 Å². The second-order valence-corrected chi connectivity index (χ2v) is 7.92. The lowest BCUT2D eigenvalue weighted by molar-refractivity contribution is 0.0608. The minimum atomic E-state index is -3.81. The van der Waals surface area contributed by atoms with Gasteiger partial charge in [0.25, 0.3) is 0 Å². The van der Waals surface area contributed by atoms with Crippen LogP contribution < -0.4 is 4.31 Å². The lowest BCUT2D eigenvalue weighted by atomic mass is 10.2. The molecule has 0 fully saturated rings. The number of amides is 1. The highest BCUT2D eigenvalue weighted by atomic mass is 127. The molecule has 0 aliphatic heterocycles. The van der Waals surface area contributed by atoms with Crippen LogP contribution in [0, 0.1) is 3.57 Å². The van der Waals surface area contributed by atoms with Crippen LogP contribution in [0.4, 0.5) is 10.6 Å². The Kier molecular flexibility index (Phi) is 4.77. The van der Waals surface area contributed by atoms with E-state index < -0.39 is 21.7 Å². The third-order valence-electron chi connectivity index (χ3n) is 1.81. The van der Waals surface area contributed by atoms with E-state index in [4.69, 9.17) is 4.74 Å². The summed E-state index contributed by atoms with van der Waals surface area (Å²) in [5.74, 6) is 0.0173. The molecule has 1 heterocycles. The normalized spacial score (nSPS) is 12.1. The van der Waals surface area contributed by atoms with E-state index in [2.05, 4.69) is 4.98 Å². The highest BCUT2D eigenvalue weighted by Crippen LogP contribution is 2.20. The van der Waals surface area contributed by atoms with Gasteiger partial charge in [-0.15, -0.1) is 0 Å². The van der Waals surface area contributed by atoms with Crippen molar-refractivity contribution in [1.29, 1.82) is 0 Å². The number of halogens is 1. The standard InChI is InChI=1S/C11H15IN2O4S/c1-11(2,3)18-10(15)14(19(4,16)17)9-7-8(12)5-6-13-9/h5-7H,1-4H3. The highest BCUT2D eigenvalue weighted by molar-refractivity contribution is 14.1. The van der Waals surface area contributed by atoms with Crippen LogP contribution in [0.15, 0.2) is 18.3 Å². The van der Waals surface area contributed by atoms with E-state index >= 15 is 0 Å². The summed E-state index contributed by atoms with van der Waals surface area (Å²) in [6.07, 6.45) is 1.39. The number of ether oxygens (including phenoxy) is 1. The molecule has 0 aliphatic carbocycles. The Morgan fingerprint density at radius 1 is 1.42 bits per heavy atom. The van der Waals surface area contributed by atoms with Crippen LogP contribution in [0.25, 0.3) is 0 Å². The van der Waals surface area contributed by atoms with Gasteiger partial charge in [-0.25, -0.2) is 18.2 Å². The van der Waals surface area contributed by atoms with Crippen LogP contribution in [0.3, 0.4) is 0 Å². The fourth-order valence-electron chi connectivity index (χ4n) is 1.21. The van der Waals surface area contributed by atoms with Crippen LogP contribution in [-0.2, 0) is 14.8 Å². The lowest BCUT2D eigenvalue weighted by Gasteiger charge is -2.25. The average Bonchev–Trinajstić information content (AvgIpc) is 2.11. The van der Waals surface area contributed by atoms with Gasteiger partial charge in [0.05, 0.1) is 6.26 Å². The van der Waals surface area contributed by atoms with E-state index in [1.807, 2.05) is 22.6 Å². The van der Waals surface area contributed by atoms with Crippen molar-refractivity contribution in [3.63, 3.8) is 0 Å². The topological polar surface area (TPSA) is 76.6 Å². The first-order valence-electron chi connectivity index (χ1n) is 5.35. The number of carbonyl (C=O) groups is 1. The number of hydrogen-bond acceptors (Lipinski definition) is 5. The predicted octanol–water partition coefficient (Wildman–Crippen LogP) is 2.39. The molecule has 0 atom stereocenters. The predicted molar refractivity (Wildman–Crippen MR) is 80.5 cm³/mol. The van der Waals surface area contributed by atoms with Crippen LogP contribution in [-0.4, -0.2) is 31.4 Å². The first kappa shape index (κ1) is 16.2. The molecule has 19 heavy (non-hydrogen) atoms. The molecule has 1 rings (SSSR count). The fraction of sp³-hybridized carbons (Fsp3) is 0.455. The van der Waals surface area contributed by atoms with Crippen LogP contribution in [0.1, 0.15) is 20.8 Å². The molecule has 0 aromatic carbocycles. The summed E-state index contributed by atoms with van der Waals surface area (Å²) < 4.78 is 29.9. The third-order valence-corrected chi connectivity index (χ3v) is 3.48. The Labute approximate surface area is 126 Å². The Balaban J connectivity index is 3.21. The molecule has 0 unspecified atom stereocenters. The summed E-state index contributed by atoms with van der Waals surface area (Å²) in [5, 5.41) is 0. The molecule has 1 amide bonds. The molecule has 8 heteroatoms. The van der Waals surface area contributed by atoms with E-state index in [-0.39, 0.29) is 5.82 Å². The molecule has 0 bridgehead atoms. The first-order chi connectivity index (χ1) is 8.50. The highest BCUT2D eigenvalue weighted by Gasteiger charge is 2.31. The van der Waals surface area contributed by atoms with E-state index in [9.17, 15) is 13.2 Å². The van der Waals surface area contributed by atoms with E-state index in [1.54, 1.807) is 26.8 Å². The van der Waals surface area contributed by atoms with Gasteiger partial charge in [-0.1, -0.05) is 0 Å². The van der Waals surface area contributed by atoms with Gasteiger partial charge in [0.1, 0.15) is 5.60 Å². The molecule has 0 spiro atoms. The first-order valence-corrected chi connectivity index (χ1v) is 8.28. The van der Waals surface area contributed by atoms with Crippen molar-refractivity contribution in [3.05, 3.63) is 21.9 Å². The van der Waals surface area contributed by atoms with Crippen molar-refractivity contribution in [2.24, 2.45) is 0 Å². The number of carbonyl (C=O) groups excluding carboxylic acids is 1. The van der Waals surface area contributed by atoms with Gasteiger partial charge in [0.15, 0.2) is 5.82 Å². The number of sulfonamides is 1. The monoisotopic (exact) mass is 398 g/mol. The summed E-state index contributed by atoms with van der Waals surface area (Å²) in [7, 11) is -3.81. The molecule has 1 aromatic heterocycles. The van der Waals surface area contributed by atoms with Gasteiger partial charge in [-0.05, 0) is 55.5 Å². The van der Waals surface area contributed by atoms with Crippen LogP contribution in [0.5, 0.6) is 0 Å². The summed E-state index contributed by atoms with van der Waals surface area (Å²) in [6, 6.07) is 3.19. The van der Waals surface area contributed by atoms with Gasteiger partial charge in [-0.3, -0.25) is 0 Å². The summed E-state index contributed by atoms with van der Waals surface area (Å²) in [5.41, 5.74) is -0.790. The second kappa shape index (κ2) is 5.61. The van der Waals surface area contributed by atoms with Crippen molar-refractivity contribution >= 4 is 44.5 Å². The number of hydrogen-bond donors (Lipinski definition) is 0. The molecule has 0 aliphatic rings. The molecular weight excluding hydrogens is 383 g/mol. The van der Waals surface area contributed by atoms with Crippen molar-refractivity contribution in [1.82, 2.24) is 4.98 Å². The Bertz CT molecular complexity index is 581. The molecule has 0 saturated carbocycles.